The van der Waals surface area contributed by atoms with Crippen molar-refractivity contribution in [1.82, 2.24) is 20.4 Å². The van der Waals surface area contributed by atoms with E-state index in [0.29, 0.717) is 97.0 Å². The molecule has 5 rings (SSSR count). The molecule has 0 aliphatic carbocycles. The van der Waals surface area contributed by atoms with Gasteiger partial charge in [-0.25, -0.2) is 0 Å². The molecule has 0 radical (unpaired) electrons. The summed E-state index contributed by atoms with van der Waals surface area (Å²) < 4.78 is 17.2. The molecule has 3 aliphatic rings. The van der Waals surface area contributed by atoms with E-state index in [2.05, 4.69) is 47.6 Å². The molecule has 3 heterocycles. The van der Waals surface area contributed by atoms with Crippen molar-refractivity contribution in [3.63, 3.8) is 0 Å². The number of aryl methyl sites for hydroxylation is 3. The molecule has 2 aromatic rings. The van der Waals surface area contributed by atoms with Crippen molar-refractivity contribution in [1.29, 1.82) is 0 Å². The number of Topliss-reactive ketones (excluding diaryl/α,β-unsaturated/α-hetero) is 2. The number of piperidine rings is 2. The molecule has 3 aliphatic heterocycles. The molecule has 0 bridgehead atoms. The van der Waals surface area contributed by atoms with Crippen molar-refractivity contribution in [2.75, 3.05) is 65.8 Å². The summed E-state index contributed by atoms with van der Waals surface area (Å²) in [4.78, 5) is 80.7. The first-order valence-electron chi connectivity index (χ1n) is 21.4. The lowest BCUT2D eigenvalue weighted by atomic mass is 9.73. The average molecular weight is 817 g/mol. The van der Waals surface area contributed by atoms with E-state index in [9.17, 15) is 28.8 Å². The Kier molecular flexibility index (Phi) is 16.4. The van der Waals surface area contributed by atoms with E-state index in [1.165, 1.54) is 21.6 Å². The van der Waals surface area contributed by atoms with Crippen LogP contribution in [0.25, 0.3) is 0 Å². The minimum Gasteiger partial charge on any atom is -0.484 e. The van der Waals surface area contributed by atoms with Crippen LogP contribution in [0, 0.1) is 24.7 Å². The molecule has 4 amide bonds. The van der Waals surface area contributed by atoms with Gasteiger partial charge >= 0.3 is 0 Å². The van der Waals surface area contributed by atoms with Crippen LogP contribution in [0.4, 0.5) is 0 Å². The van der Waals surface area contributed by atoms with Gasteiger partial charge in [0.05, 0.1) is 37.9 Å². The van der Waals surface area contributed by atoms with Crippen LogP contribution >= 0.6 is 0 Å². The van der Waals surface area contributed by atoms with Gasteiger partial charge in [-0.2, -0.15) is 0 Å². The summed E-state index contributed by atoms with van der Waals surface area (Å²) in [6.45, 7) is 13.8. The van der Waals surface area contributed by atoms with E-state index >= 15 is 0 Å². The predicted octanol–water partition coefficient (Wildman–Crippen LogP) is 4.63. The van der Waals surface area contributed by atoms with Gasteiger partial charge in [-0.15, -0.1) is 0 Å². The SMILES string of the molecule is CCC(C)(C)C(=O)C(=O)N1CCCCC1C(=O)C[C@H](CCc1ccc(C)c(C)c1)c1cccc(OCC(=O)NCCOCCOCCN2CC3(CCC(=O)NC3=O)C2)c1. The van der Waals surface area contributed by atoms with Crippen molar-refractivity contribution in [3.8, 4) is 5.75 Å². The summed E-state index contributed by atoms with van der Waals surface area (Å²) in [5, 5.41) is 5.25. The zero-order valence-corrected chi connectivity index (χ0v) is 35.7. The highest BCUT2D eigenvalue weighted by Gasteiger charge is 2.51. The quantitative estimate of drug-likeness (QED) is 0.0975. The fraction of sp³-hybridized carbons (Fsp3) is 0.609. The van der Waals surface area contributed by atoms with Gasteiger partial charge in [0.25, 0.3) is 11.8 Å². The molecular weight excluding hydrogens is 753 g/mol. The number of imide groups is 1. The number of likely N-dealkylation sites (tertiary alicyclic amines) is 2. The molecule has 2 atom stereocenters. The van der Waals surface area contributed by atoms with Gasteiger partial charge in [-0.3, -0.25) is 39.0 Å². The summed E-state index contributed by atoms with van der Waals surface area (Å²) in [5.74, 6) is -1.35. The number of amides is 4. The van der Waals surface area contributed by atoms with Crippen molar-refractivity contribution in [3.05, 3.63) is 64.7 Å². The number of carbonyl (C=O) groups excluding carboxylic acids is 6. The number of benzene rings is 2. The molecule has 13 heteroatoms. The third-order valence-electron chi connectivity index (χ3n) is 12.4. The zero-order chi connectivity index (χ0) is 42.6. The number of carbonyl (C=O) groups is 6. The van der Waals surface area contributed by atoms with Gasteiger partial charge < -0.3 is 24.4 Å². The van der Waals surface area contributed by atoms with Crippen LogP contribution in [0.15, 0.2) is 42.5 Å². The number of nitrogens with one attached hydrogen (secondary N) is 2. The molecule has 322 valence electrons. The molecule has 0 saturated carbocycles. The number of hydrogen-bond donors (Lipinski definition) is 2. The summed E-state index contributed by atoms with van der Waals surface area (Å²) in [6, 6.07) is 13.3. The number of ketones is 2. The minimum absolute atomic E-state index is 0.0408. The van der Waals surface area contributed by atoms with Crippen LogP contribution < -0.4 is 15.4 Å². The summed E-state index contributed by atoms with van der Waals surface area (Å²) in [6.07, 6.45) is 5.31. The molecule has 1 unspecified atom stereocenters. The Balaban J connectivity index is 1.07. The molecule has 3 fully saturated rings. The lowest BCUT2D eigenvalue weighted by Crippen LogP contribution is -2.66. The van der Waals surface area contributed by atoms with Gasteiger partial charge in [0.1, 0.15) is 5.75 Å². The van der Waals surface area contributed by atoms with Gasteiger partial charge in [-0.1, -0.05) is 51.1 Å². The monoisotopic (exact) mass is 816 g/mol. The second kappa shape index (κ2) is 21.2. The molecule has 1 spiro atoms. The highest BCUT2D eigenvalue weighted by molar-refractivity contribution is 6.38. The standard InChI is InChI=1S/C46H64N4O9/c1-6-45(4,5)42(54)43(55)50-20-8-7-12-38(50)39(51)28-36(16-15-34-14-13-32(2)33(3)26-34)35-10-9-11-37(27-35)59-29-41(53)47-19-22-57-24-25-58-23-21-49-30-46(31-49)18-17-40(52)48-44(46)56/h9-11,13-14,26-27,36,38H,6-8,12,15-25,28-31H2,1-5H3,(H,47,53)(H,48,52,56)/t36-,38?/m0/s1. The molecule has 59 heavy (non-hydrogen) atoms. The first kappa shape index (κ1) is 45.6. The van der Waals surface area contributed by atoms with Crippen LogP contribution in [0.2, 0.25) is 0 Å². The van der Waals surface area contributed by atoms with E-state index in [0.717, 1.165) is 24.8 Å². The molecule has 0 aromatic heterocycles. The first-order chi connectivity index (χ1) is 28.2. The average Bonchev–Trinajstić information content (AvgIpc) is 3.21. The number of nitrogens with zero attached hydrogens (tertiary/aromatic N) is 2. The Labute approximate surface area is 349 Å². The maximum Gasteiger partial charge on any atom is 0.291 e. The molecule has 3 saturated heterocycles. The van der Waals surface area contributed by atoms with Crippen molar-refractivity contribution in [2.24, 2.45) is 10.8 Å². The summed E-state index contributed by atoms with van der Waals surface area (Å²) in [5.41, 5.74) is 3.30. The van der Waals surface area contributed by atoms with Crippen LogP contribution in [-0.2, 0) is 44.7 Å². The van der Waals surface area contributed by atoms with E-state index in [1.54, 1.807) is 19.9 Å². The topological polar surface area (TPSA) is 161 Å². The number of rotatable bonds is 22. The van der Waals surface area contributed by atoms with Gasteiger partial charge in [0.2, 0.25) is 17.6 Å². The highest BCUT2D eigenvalue weighted by atomic mass is 16.5. The van der Waals surface area contributed by atoms with E-state index in [4.69, 9.17) is 14.2 Å². The van der Waals surface area contributed by atoms with Gasteiger partial charge in [-0.05, 0) is 99.1 Å². The van der Waals surface area contributed by atoms with Crippen molar-refractivity contribution < 1.29 is 43.0 Å². The predicted molar refractivity (Wildman–Crippen MR) is 223 cm³/mol. The first-order valence-corrected chi connectivity index (χ1v) is 21.4. The number of hydrogen-bond acceptors (Lipinski definition) is 10. The fourth-order valence-electron chi connectivity index (χ4n) is 8.05. The third-order valence-corrected chi connectivity index (χ3v) is 12.4. The Hall–Kier alpha value is -4.46. The Morgan fingerprint density at radius 3 is 2.46 bits per heavy atom. The molecule has 13 nitrogen and oxygen atoms in total. The van der Waals surface area contributed by atoms with Crippen LogP contribution in [0.1, 0.15) is 100 Å². The maximum absolute atomic E-state index is 14.1. The fourth-order valence-corrected chi connectivity index (χ4v) is 8.05. The molecular formula is C46H64N4O9. The van der Waals surface area contributed by atoms with Crippen LogP contribution in [0.5, 0.6) is 5.75 Å². The summed E-state index contributed by atoms with van der Waals surface area (Å²) >= 11 is 0. The van der Waals surface area contributed by atoms with E-state index in [-0.39, 0.29) is 42.5 Å². The zero-order valence-electron chi connectivity index (χ0n) is 35.7. The van der Waals surface area contributed by atoms with E-state index in [1.807, 2.05) is 25.1 Å². The maximum atomic E-state index is 14.1. The normalized spacial score (nSPS) is 18.5. The van der Waals surface area contributed by atoms with Crippen LogP contribution in [0.3, 0.4) is 0 Å². The van der Waals surface area contributed by atoms with E-state index < -0.39 is 28.6 Å². The molecule has 2 aromatic carbocycles. The minimum atomic E-state index is -0.790. The van der Waals surface area contributed by atoms with Crippen molar-refractivity contribution in [2.45, 2.75) is 104 Å². The molecule has 2 N–H and O–H groups in total. The second-order valence-electron chi connectivity index (χ2n) is 17.2. The Bertz CT molecular complexity index is 1820. The third kappa shape index (κ3) is 12.5. The Morgan fingerprint density at radius 2 is 1.73 bits per heavy atom. The summed E-state index contributed by atoms with van der Waals surface area (Å²) in [7, 11) is 0. The van der Waals surface area contributed by atoms with Crippen LogP contribution in [-0.4, -0.2) is 117 Å². The van der Waals surface area contributed by atoms with Gasteiger partial charge in [0.15, 0.2) is 12.4 Å². The Morgan fingerprint density at radius 1 is 0.966 bits per heavy atom. The van der Waals surface area contributed by atoms with Gasteiger partial charge in [0, 0.05) is 51.0 Å². The number of ether oxygens (including phenoxy) is 3. The smallest absolute Gasteiger partial charge is 0.291 e. The largest absolute Gasteiger partial charge is 0.484 e. The second-order valence-corrected chi connectivity index (χ2v) is 17.2. The lowest BCUT2D eigenvalue weighted by molar-refractivity contribution is -0.153. The highest BCUT2D eigenvalue weighted by Crippen LogP contribution is 2.37. The lowest BCUT2D eigenvalue weighted by Gasteiger charge is -2.50. The van der Waals surface area contributed by atoms with Crippen molar-refractivity contribution >= 4 is 35.2 Å².